The lowest BCUT2D eigenvalue weighted by Crippen LogP contribution is -2.35. The van der Waals surface area contributed by atoms with Crippen molar-refractivity contribution in [3.63, 3.8) is 0 Å². The number of ether oxygens (including phenoxy) is 1. The Balaban J connectivity index is 2.51. The summed E-state index contributed by atoms with van der Waals surface area (Å²) >= 11 is 0. The number of phosphoric acid groups is 2. The lowest BCUT2D eigenvalue weighted by Gasteiger charge is -2.15. The zero-order valence-corrected chi connectivity index (χ0v) is 11.1. The van der Waals surface area contributed by atoms with Crippen molar-refractivity contribution < 1.29 is 52.7 Å². The molecule has 13 heteroatoms. The first kappa shape index (κ1) is 17.2. The highest BCUT2D eigenvalue weighted by Gasteiger charge is 2.44. The first-order chi connectivity index (χ1) is 8.49. The molecule has 0 aromatic heterocycles. The summed E-state index contributed by atoms with van der Waals surface area (Å²) in [6.45, 7) is -1.40. The predicted octanol–water partition coefficient (Wildman–Crippen LogP) is -2.31. The van der Waals surface area contributed by atoms with Gasteiger partial charge in [-0.15, -0.1) is 0 Å². The third-order valence-electron chi connectivity index (χ3n) is 2.28. The van der Waals surface area contributed by atoms with Gasteiger partial charge in [0.05, 0.1) is 13.2 Å². The monoisotopic (exact) mass is 324 g/mol. The van der Waals surface area contributed by atoms with Crippen molar-refractivity contribution in [2.75, 3.05) is 13.2 Å². The molecule has 1 fully saturated rings. The SMILES string of the molecule is O=P(O)(O)OCC1OC(COP(=O)(O)O)C(O)C1O. The van der Waals surface area contributed by atoms with E-state index in [2.05, 4.69) is 9.05 Å². The number of phosphoric ester groups is 2. The van der Waals surface area contributed by atoms with Crippen molar-refractivity contribution in [2.24, 2.45) is 0 Å². The molecule has 4 unspecified atom stereocenters. The lowest BCUT2D eigenvalue weighted by molar-refractivity contribution is -0.0382. The van der Waals surface area contributed by atoms with Gasteiger partial charge in [-0.1, -0.05) is 0 Å². The number of aliphatic hydroxyl groups excluding tert-OH is 2. The Morgan fingerprint density at radius 3 is 1.42 bits per heavy atom. The molecule has 0 radical (unpaired) electrons. The van der Waals surface area contributed by atoms with Gasteiger partial charge in [-0.2, -0.15) is 0 Å². The molecule has 0 spiro atoms. The van der Waals surface area contributed by atoms with Gasteiger partial charge in [0, 0.05) is 0 Å². The standard InChI is InChI=1S/C6H14O11P2/c7-5-3(1-15-18(9,10)11)17-4(6(5)8)2-16-19(12,13)14/h3-8H,1-2H2,(H2,9,10,11)(H2,12,13,14). The van der Waals surface area contributed by atoms with Crippen LogP contribution in [0, 0.1) is 0 Å². The van der Waals surface area contributed by atoms with Crippen LogP contribution in [0.3, 0.4) is 0 Å². The average Bonchev–Trinajstić information content (AvgIpc) is 2.49. The first-order valence-corrected chi connectivity index (χ1v) is 7.97. The van der Waals surface area contributed by atoms with Crippen LogP contribution in [0.5, 0.6) is 0 Å². The molecule has 1 saturated heterocycles. The summed E-state index contributed by atoms with van der Waals surface area (Å²) in [6.07, 6.45) is -5.57. The Morgan fingerprint density at radius 1 is 0.842 bits per heavy atom. The van der Waals surface area contributed by atoms with Gasteiger partial charge in [0.2, 0.25) is 0 Å². The Morgan fingerprint density at radius 2 is 1.16 bits per heavy atom. The second-order valence-corrected chi connectivity index (χ2v) is 6.25. The summed E-state index contributed by atoms with van der Waals surface area (Å²) in [5.41, 5.74) is 0. The van der Waals surface area contributed by atoms with Gasteiger partial charge in [-0.05, 0) is 0 Å². The molecular weight excluding hydrogens is 310 g/mol. The van der Waals surface area contributed by atoms with Crippen LogP contribution in [0.15, 0.2) is 0 Å². The average molecular weight is 324 g/mol. The molecule has 0 saturated carbocycles. The van der Waals surface area contributed by atoms with E-state index in [1.165, 1.54) is 0 Å². The highest BCUT2D eigenvalue weighted by atomic mass is 31.2. The maximum absolute atomic E-state index is 10.5. The summed E-state index contributed by atoms with van der Waals surface area (Å²) in [5.74, 6) is 0. The number of aliphatic hydroxyl groups is 2. The normalized spacial score (nSPS) is 32.7. The van der Waals surface area contributed by atoms with E-state index in [0.717, 1.165) is 0 Å². The van der Waals surface area contributed by atoms with Crippen LogP contribution in [0.25, 0.3) is 0 Å². The van der Waals surface area contributed by atoms with Crippen LogP contribution in [0.2, 0.25) is 0 Å². The minimum absolute atomic E-state index is 0.699. The van der Waals surface area contributed by atoms with Crippen molar-refractivity contribution in [2.45, 2.75) is 24.4 Å². The van der Waals surface area contributed by atoms with E-state index in [0.29, 0.717) is 0 Å². The Bertz CT molecular complexity index is 351. The molecule has 11 nitrogen and oxygen atoms in total. The Hall–Kier alpha value is 0.1000. The molecule has 1 heterocycles. The van der Waals surface area contributed by atoms with Gasteiger partial charge in [-0.25, -0.2) is 9.13 Å². The molecule has 0 aliphatic carbocycles. The smallest absolute Gasteiger partial charge is 0.388 e. The fourth-order valence-electron chi connectivity index (χ4n) is 1.44. The Labute approximate surface area is 107 Å². The maximum atomic E-state index is 10.5. The number of hydrogen-bond acceptors (Lipinski definition) is 7. The van der Waals surface area contributed by atoms with Crippen LogP contribution >= 0.6 is 15.6 Å². The van der Waals surface area contributed by atoms with Gasteiger partial charge in [0.25, 0.3) is 0 Å². The van der Waals surface area contributed by atoms with E-state index < -0.39 is 53.3 Å². The van der Waals surface area contributed by atoms with Crippen molar-refractivity contribution in [1.82, 2.24) is 0 Å². The van der Waals surface area contributed by atoms with E-state index in [-0.39, 0.29) is 0 Å². The fraction of sp³-hybridized carbons (Fsp3) is 1.00. The van der Waals surface area contributed by atoms with Gasteiger partial charge < -0.3 is 34.5 Å². The third-order valence-corrected chi connectivity index (χ3v) is 3.25. The first-order valence-electron chi connectivity index (χ1n) is 4.91. The third kappa shape index (κ3) is 5.94. The van der Waals surface area contributed by atoms with Crippen molar-refractivity contribution in [3.8, 4) is 0 Å². The molecule has 1 rings (SSSR count). The summed E-state index contributed by atoms with van der Waals surface area (Å²) in [5, 5.41) is 19.0. The second-order valence-electron chi connectivity index (χ2n) is 3.77. The minimum Gasteiger partial charge on any atom is -0.388 e. The van der Waals surface area contributed by atoms with Crippen molar-refractivity contribution in [3.05, 3.63) is 0 Å². The molecule has 19 heavy (non-hydrogen) atoms. The molecule has 1 aliphatic rings. The van der Waals surface area contributed by atoms with Crippen LogP contribution in [-0.2, 0) is 22.9 Å². The maximum Gasteiger partial charge on any atom is 0.469 e. The fourth-order valence-corrected chi connectivity index (χ4v) is 2.12. The van der Waals surface area contributed by atoms with Crippen molar-refractivity contribution in [1.29, 1.82) is 0 Å². The van der Waals surface area contributed by atoms with Gasteiger partial charge in [0.1, 0.15) is 24.4 Å². The Kier molecular flexibility index (Phi) is 5.64. The van der Waals surface area contributed by atoms with Crippen LogP contribution in [-0.4, -0.2) is 67.4 Å². The summed E-state index contributed by atoms with van der Waals surface area (Å²) in [7, 11) is -9.51. The van der Waals surface area contributed by atoms with E-state index >= 15 is 0 Å². The zero-order chi connectivity index (χ0) is 14.8. The summed E-state index contributed by atoms with van der Waals surface area (Å²) in [4.78, 5) is 33.9. The molecule has 0 aromatic carbocycles. The van der Waals surface area contributed by atoms with Gasteiger partial charge >= 0.3 is 15.6 Å². The largest absolute Gasteiger partial charge is 0.469 e. The van der Waals surface area contributed by atoms with Gasteiger partial charge in [0.15, 0.2) is 0 Å². The summed E-state index contributed by atoms with van der Waals surface area (Å²) in [6, 6.07) is 0. The predicted molar refractivity (Wildman–Crippen MR) is 56.7 cm³/mol. The van der Waals surface area contributed by atoms with E-state index in [1.807, 2.05) is 0 Å². The van der Waals surface area contributed by atoms with E-state index in [1.54, 1.807) is 0 Å². The molecular formula is C6H14O11P2. The second kappa shape index (κ2) is 6.25. The molecule has 1 aliphatic heterocycles. The molecule has 114 valence electrons. The molecule has 0 aromatic rings. The van der Waals surface area contributed by atoms with Crippen LogP contribution < -0.4 is 0 Å². The number of hydrogen-bond donors (Lipinski definition) is 6. The zero-order valence-electron chi connectivity index (χ0n) is 9.34. The van der Waals surface area contributed by atoms with Gasteiger partial charge in [-0.3, -0.25) is 9.05 Å². The van der Waals surface area contributed by atoms with E-state index in [4.69, 9.17) is 24.3 Å². The molecule has 4 atom stereocenters. The highest BCUT2D eigenvalue weighted by Crippen LogP contribution is 2.39. The number of rotatable bonds is 6. The minimum atomic E-state index is -4.75. The molecule has 0 amide bonds. The van der Waals surface area contributed by atoms with Crippen molar-refractivity contribution >= 4 is 15.6 Å². The molecule has 6 N–H and O–H groups in total. The van der Waals surface area contributed by atoms with Crippen LogP contribution in [0.4, 0.5) is 0 Å². The lowest BCUT2D eigenvalue weighted by atomic mass is 10.1. The van der Waals surface area contributed by atoms with Crippen LogP contribution in [0.1, 0.15) is 0 Å². The quantitative estimate of drug-likeness (QED) is 0.289. The molecule has 0 bridgehead atoms. The van der Waals surface area contributed by atoms with E-state index in [9.17, 15) is 19.3 Å². The summed E-state index contributed by atoms with van der Waals surface area (Å²) < 4.78 is 34.1. The topological polar surface area (TPSA) is 183 Å². The highest BCUT2D eigenvalue weighted by molar-refractivity contribution is 7.46.